The third kappa shape index (κ3) is 10.3. The van der Waals surface area contributed by atoms with E-state index in [1.54, 1.807) is 0 Å². The van der Waals surface area contributed by atoms with Crippen molar-refractivity contribution in [1.29, 1.82) is 0 Å². The van der Waals surface area contributed by atoms with Crippen molar-refractivity contribution in [2.75, 3.05) is 0 Å². The second kappa shape index (κ2) is 15.7. The summed E-state index contributed by atoms with van der Waals surface area (Å²) in [5, 5.41) is 0. The maximum atomic E-state index is 6.37. The smallest absolute Gasteiger partial charge is 0.145 e. The predicted molar refractivity (Wildman–Crippen MR) is 101 cm³/mol. The van der Waals surface area contributed by atoms with Crippen LogP contribution in [0.15, 0.2) is 0 Å². The number of halogens is 2. The van der Waals surface area contributed by atoms with E-state index in [0.717, 1.165) is 11.1 Å². The first-order chi connectivity index (χ1) is 11.2. The van der Waals surface area contributed by atoms with Gasteiger partial charge in [-0.1, -0.05) is 0 Å². The van der Waals surface area contributed by atoms with Gasteiger partial charge in [0.15, 0.2) is 0 Å². The van der Waals surface area contributed by atoms with Crippen LogP contribution in [-0.2, 0) is 34.1 Å². The maximum absolute atomic E-state index is 6.37. The monoisotopic (exact) mass is 468 g/mol. The summed E-state index contributed by atoms with van der Waals surface area (Å²) in [6.07, 6.45) is 35.8. The van der Waals surface area contributed by atoms with Crippen LogP contribution in [0.2, 0.25) is 0 Å². The zero-order chi connectivity index (χ0) is 16.4. The fourth-order valence-electron chi connectivity index (χ4n) is 1.97. The molecule has 4 aliphatic rings. The molecule has 128 valence electrons. The van der Waals surface area contributed by atoms with Crippen molar-refractivity contribution >= 4 is 28.9 Å². The SMILES string of the molecule is Cl[Si](Cl)([C]1[CH][CH][CH][CH]1)[C]1[CH][CH][CH][CH]1.[CH]1[CH][CH][CH][CH]1.[CH]1[CH][CH][CH][CH]1.[Fe+2].[Fe+2]. The summed E-state index contributed by atoms with van der Waals surface area (Å²) < 4.78 is 0. The molecule has 0 N–H and O–H groups in total. The van der Waals surface area contributed by atoms with E-state index >= 15 is 0 Å². The molecule has 0 aromatic rings. The first-order valence-electron chi connectivity index (χ1n) is 7.37. The Morgan fingerprint density at radius 2 is 0.600 bits per heavy atom. The van der Waals surface area contributed by atoms with Crippen molar-refractivity contribution in [3.05, 3.63) is 127 Å². The summed E-state index contributed by atoms with van der Waals surface area (Å²) in [7, 11) is 0. The van der Waals surface area contributed by atoms with Crippen LogP contribution >= 0.6 is 22.2 Å². The van der Waals surface area contributed by atoms with Gasteiger partial charge >= 0.3 is 34.1 Å². The molecule has 4 rings (SSSR count). The molecular formula is C20H18Cl2Fe2Si+4. The van der Waals surface area contributed by atoms with Crippen molar-refractivity contribution < 1.29 is 34.1 Å². The minimum Gasteiger partial charge on any atom is -0.145 e. The van der Waals surface area contributed by atoms with Crippen LogP contribution in [0.3, 0.4) is 0 Å². The Labute approximate surface area is 188 Å². The number of hydrogen-bond acceptors (Lipinski definition) is 0. The van der Waals surface area contributed by atoms with Crippen LogP contribution in [0.1, 0.15) is 0 Å². The van der Waals surface area contributed by atoms with E-state index in [4.69, 9.17) is 22.2 Å². The van der Waals surface area contributed by atoms with Gasteiger partial charge in [0, 0.05) is 11.1 Å². The molecule has 0 bridgehead atoms. The second-order valence-corrected chi connectivity index (χ2v) is 11.1. The average molecular weight is 469 g/mol. The Kier molecular flexibility index (Phi) is 16.9. The predicted octanol–water partition coefficient (Wildman–Crippen LogP) is 4.83. The summed E-state index contributed by atoms with van der Waals surface area (Å²) in [5.74, 6) is 0. The molecule has 0 nitrogen and oxygen atoms in total. The zero-order valence-corrected chi connectivity index (χ0v) is 18.1. The summed E-state index contributed by atoms with van der Waals surface area (Å²) >= 11 is 12.7. The van der Waals surface area contributed by atoms with Gasteiger partial charge in [-0.05, 0) is 116 Å². The summed E-state index contributed by atoms with van der Waals surface area (Å²) in [4.78, 5) is 0. The van der Waals surface area contributed by atoms with Crippen LogP contribution in [-0.4, -0.2) is 6.69 Å². The van der Waals surface area contributed by atoms with Gasteiger partial charge in [-0.25, -0.2) is 0 Å². The first kappa shape index (κ1) is 26.8. The number of rotatable bonds is 2. The summed E-state index contributed by atoms with van der Waals surface area (Å²) in [6.45, 7) is -2.41. The molecule has 0 saturated heterocycles. The second-order valence-electron chi connectivity index (χ2n) is 4.85. The topological polar surface area (TPSA) is 0 Å². The molecule has 20 radical (unpaired) electrons. The standard InChI is InChI=1S/C10H8Cl2Si.2C5H5.2Fe/c11-13(12,9-5-1-2-6-9)10-7-3-4-8-10;2*1-2-4-5-3-1;;/h1-8H;2*1-5H;;/q;;;2*+2. The van der Waals surface area contributed by atoms with Gasteiger partial charge in [-0.2, -0.15) is 0 Å². The minimum atomic E-state index is -2.41. The van der Waals surface area contributed by atoms with Crippen LogP contribution in [0.25, 0.3) is 0 Å². The molecular weight excluding hydrogens is 451 g/mol. The molecule has 0 atom stereocenters. The Hall–Kier alpha value is 1.84. The summed E-state index contributed by atoms with van der Waals surface area (Å²) in [5.41, 5.74) is 2.11. The van der Waals surface area contributed by atoms with Crippen molar-refractivity contribution in [2.45, 2.75) is 0 Å². The van der Waals surface area contributed by atoms with E-state index in [9.17, 15) is 0 Å². The van der Waals surface area contributed by atoms with Crippen LogP contribution in [0.5, 0.6) is 0 Å². The molecule has 4 fully saturated rings. The molecule has 0 spiro atoms. The molecule has 0 amide bonds. The van der Waals surface area contributed by atoms with E-state index < -0.39 is 6.69 Å². The third-order valence-corrected chi connectivity index (χ3v) is 7.90. The van der Waals surface area contributed by atoms with Crippen LogP contribution in [0, 0.1) is 127 Å². The van der Waals surface area contributed by atoms with Crippen molar-refractivity contribution in [2.24, 2.45) is 0 Å². The van der Waals surface area contributed by atoms with Gasteiger partial charge in [0.05, 0.1) is 0 Å². The van der Waals surface area contributed by atoms with E-state index in [0.29, 0.717) is 0 Å². The van der Waals surface area contributed by atoms with Gasteiger partial charge in [-0.3, -0.25) is 0 Å². The molecule has 0 heterocycles. The van der Waals surface area contributed by atoms with E-state index in [2.05, 4.69) is 0 Å². The normalized spacial score (nSPS) is 23.8. The van der Waals surface area contributed by atoms with E-state index in [1.807, 2.05) is 116 Å². The largest absolute Gasteiger partial charge is 2.00 e. The van der Waals surface area contributed by atoms with E-state index in [1.165, 1.54) is 0 Å². The Morgan fingerprint density at radius 1 is 0.400 bits per heavy atom. The molecule has 0 aliphatic heterocycles. The Balaban J connectivity index is 0.000000400. The van der Waals surface area contributed by atoms with Gasteiger partial charge in [0.25, 0.3) is 6.69 Å². The van der Waals surface area contributed by atoms with Crippen molar-refractivity contribution in [1.82, 2.24) is 0 Å². The molecule has 0 aromatic heterocycles. The Morgan fingerprint density at radius 3 is 0.800 bits per heavy atom. The average Bonchev–Trinajstić information content (AvgIpc) is 3.44. The molecule has 4 aliphatic carbocycles. The van der Waals surface area contributed by atoms with Crippen LogP contribution in [0.4, 0.5) is 0 Å². The molecule has 4 saturated carbocycles. The zero-order valence-electron chi connectivity index (χ0n) is 13.4. The molecule has 0 unspecified atom stereocenters. The van der Waals surface area contributed by atoms with Gasteiger partial charge in [0.2, 0.25) is 0 Å². The van der Waals surface area contributed by atoms with Crippen molar-refractivity contribution in [3.63, 3.8) is 0 Å². The fraction of sp³-hybridized carbons (Fsp3) is 0. The number of hydrogen-bond donors (Lipinski definition) is 0. The minimum absolute atomic E-state index is 0. The maximum Gasteiger partial charge on any atom is 2.00 e. The Bertz CT molecular complexity index is 253. The van der Waals surface area contributed by atoms with Crippen LogP contribution < -0.4 is 0 Å². The molecule has 0 aromatic carbocycles. The van der Waals surface area contributed by atoms with E-state index in [-0.39, 0.29) is 34.1 Å². The van der Waals surface area contributed by atoms with Gasteiger partial charge in [-0.15, -0.1) is 22.2 Å². The van der Waals surface area contributed by atoms with Gasteiger partial charge < -0.3 is 0 Å². The summed E-state index contributed by atoms with van der Waals surface area (Å²) in [6, 6.07) is 0. The fourth-order valence-corrected chi connectivity index (χ4v) is 5.04. The first-order valence-corrected chi connectivity index (χ1v) is 11.4. The quantitative estimate of drug-likeness (QED) is 0.402. The molecule has 5 heteroatoms. The van der Waals surface area contributed by atoms with Gasteiger partial charge in [0.1, 0.15) is 0 Å². The molecule has 25 heavy (non-hydrogen) atoms. The third-order valence-electron chi connectivity index (χ3n) is 3.16. The van der Waals surface area contributed by atoms with Crippen molar-refractivity contribution in [3.8, 4) is 0 Å².